The van der Waals surface area contributed by atoms with Crippen LogP contribution in [0.1, 0.15) is 18.4 Å². The molecule has 4 heteroatoms. The third-order valence-corrected chi connectivity index (χ3v) is 2.54. The van der Waals surface area contributed by atoms with Crippen LogP contribution >= 0.6 is 0 Å². The first-order chi connectivity index (χ1) is 8.67. The first kappa shape index (κ1) is 14.5. The second kappa shape index (κ2) is 7.71. The van der Waals surface area contributed by atoms with E-state index in [1.165, 1.54) is 0 Å². The van der Waals surface area contributed by atoms with E-state index in [0.717, 1.165) is 5.56 Å². The molecule has 1 rings (SSSR count). The molecule has 0 spiro atoms. The molecule has 0 N–H and O–H groups in total. The van der Waals surface area contributed by atoms with Crippen molar-refractivity contribution in [3.63, 3.8) is 0 Å². The first-order valence-electron chi connectivity index (χ1n) is 5.95. The van der Waals surface area contributed by atoms with Crippen LogP contribution in [0, 0.1) is 6.92 Å². The maximum atomic E-state index is 11.4. The molecule has 0 heterocycles. The van der Waals surface area contributed by atoms with Crippen LogP contribution in [0.4, 0.5) is 0 Å². The van der Waals surface area contributed by atoms with Gasteiger partial charge in [0.1, 0.15) is 5.78 Å². The van der Waals surface area contributed by atoms with Crippen molar-refractivity contribution in [1.29, 1.82) is 0 Å². The Labute approximate surface area is 108 Å². The maximum Gasteiger partial charge on any atom is 0.161 e. The van der Waals surface area contributed by atoms with Crippen LogP contribution in [0.2, 0.25) is 0 Å². The quantitative estimate of drug-likeness (QED) is 0.712. The fraction of sp³-hybridized carbons (Fsp3) is 0.500. The predicted octanol–water partition coefficient (Wildman–Crippen LogP) is 2.38. The molecule has 0 amide bonds. The van der Waals surface area contributed by atoms with Gasteiger partial charge < -0.3 is 14.2 Å². The van der Waals surface area contributed by atoms with Gasteiger partial charge >= 0.3 is 0 Å². The van der Waals surface area contributed by atoms with Crippen molar-refractivity contribution in [3.8, 4) is 11.5 Å². The number of carbonyl (C=O) groups excluding carboxylic acids is 1. The molecule has 0 bridgehead atoms. The highest BCUT2D eigenvalue weighted by Crippen LogP contribution is 2.27. The number of ketones is 1. The summed E-state index contributed by atoms with van der Waals surface area (Å²) in [6.45, 7) is 2.81. The molecule has 0 radical (unpaired) electrons. The van der Waals surface area contributed by atoms with Crippen LogP contribution in [-0.4, -0.2) is 33.2 Å². The van der Waals surface area contributed by atoms with E-state index in [4.69, 9.17) is 14.2 Å². The summed E-state index contributed by atoms with van der Waals surface area (Å²) in [6.07, 6.45) is 0.825. The largest absolute Gasteiger partial charge is 0.493 e. The summed E-state index contributed by atoms with van der Waals surface area (Å²) in [4.78, 5) is 11.4. The molecule has 100 valence electrons. The van der Waals surface area contributed by atoms with E-state index < -0.39 is 0 Å². The fourth-order valence-corrected chi connectivity index (χ4v) is 1.51. The molecule has 0 aliphatic heterocycles. The number of benzene rings is 1. The smallest absolute Gasteiger partial charge is 0.161 e. The Kier molecular flexibility index (Phi) is 6.22. The normalized spacial score (nSPS) is 10.2. The number of Topliss-reactive ketones (excluding diaryl/α,β-unsaturated/α-hetero) is 1. The molecule has 0 aliphatic carbocycles. The fourth-order valence-electron chi connectivity index (χ4n) is 1.51. The SMILES string of the molecule is COCCC(=O)CCOc1ccc(C)cc1OC. The van der Waals surface area contributed by atoms with Crippen molar-refractivity contribution < 1.29 is 19.0 Å². The molecule has 0 atom stereocenters. The summed E-state index contributed by atoms with van der Waals surface area (Å²) in [7, 11) is 3.19. The highest BCUT2D eigenvalue weighted by atomic mass is 16.5. The van der Waals surface area contributed by atoms with Gasteiger partial charge in [-0.3, -0.25) is 4.79 Å². The van der Waals surface area contributed by atoms with Crippen LogP contribution in [0.15, 0.2) is 18.2 Å². The van der Waals surface area contributed by atoms with E-state index in [9.17, 15) is 4.79 Å². The summed E-state index contributed by atoms with van der Waals surface area (Å²) in [5, 5.41) is 0. The second-order valence-electron chi connectivity index (χ2n) is 4.03. The van der Waals surface area contributed by atoms with E-state index in [1.807, 2.05) is 25.1 Å². The van der Waals surface area contributed by atoms with Crippen LogP contribution in [-0.2, 0) is 9.53 Å². The highest BCUT2D eigenvalue weighted by Gasteiger charge is 2.06. The molecule has 0 aliphatic rings. The Morgan fingerprint density at radius 3 is 2.50 bits per heavy atom. The van der Waals surface area contributed by atoms with Gasteiger partial charge in [0.15, 0.2) is 11.5 Å². The van der Waals surface area contributed by atoms with Crippen molar-refractivity contribution in [2.45, 2.75) is 19.8 Å². The molecule has 4 nitrogen and oxygen atoms in total. The molecule has 0 saturated heterocycles. The third-order valence-electron chi connectivity index (χ3n) is 2.54. The summed E-state index contributed by atoms with van der Waals surface area (Å²) in [5.41, 5.74) is 1.11. The zero-order valence-corrected chi connectivity index (χ0v) is 11.2. The van der Waals surface area contributed by atoms with E-state index in [1.54, 1.807) is 14.2 Å². The van der Waals surface area contributed by atoms with Crippen molar-refractivity contribution in [1.82, 2.24) is 0 Å². The molecule has 18 heavy (non-hydrogen) atoms. The monoisotopic (exact) mass is 252 g/mol. The third kappa shape index (κ3) is 4.75. The van der Waals surface area contributed by atoms with E-state index >= 15 is 0 Å². The Hall–Kier alpha value is -1.55. The van der Waals surface area contributed by atoms with Gasteiger partial charge in [-0.25, -0.2) is 0 Å². The van der Waals surface area contributed by atoms with Crippen molar-refractivity contribution >= 4 is 5.78 Å². The highest BCUT2D eigenvalue weighted by molar-refractivity contribution is 5.78. The molecular weight excluding hydrogens is 232 g/mol. The van der Waals surface area contributed by atoms with E-state index in [-0.39, 0.29) is 5.78 Å². The van der Waals surface area contributed by atoms with Gasteiger partial charge in [-0.1, -0.05) is 6.07 Å². The summed E-state index contributed by atoms with van der Waals surface area (Å²) < 4.78 is 15.6. The number of hydrogen-bond acceptors (Lipinski definition) is 4. The number of carbonyl (C=O) groups is 1. The minimum absolute atomic E-state index is 0.142. The van der Waals surface area contributed by atoms with Gasteiger partial charge in [-0.15, -0.1) is 0 Å². The molecule has 1 aromatic carbocycles. The number of ether oxygens (including phenoxy) is 3. The number of hydrogen-bond donors (Lipinski definition) is 0. The molecule has 0 aromatic heterocycles. The lowest BCUT2D eigenvalue weighted by Gasteiger charge is -2.10. The summed E-state index contributed by atoms with van der Waals surface area (Å²) in [6, 6.07) is 5.71. The van der Waals surface area contributed by atoms with Gasteiger partial charge in [0.2, 0.25) is 0 Å². The Morgan fingerprint density at radius 1 is 1.11 bits per heavy atom. The molecular formula is C14H20O4. The Bertz CT molecular complexity index is 387. The average Bonchev–Trinajstić information content (AvgIpc) is 2.37. The van der Waals surface area contributed by atoms with Crippen molar-refractivity contribution in [2.24, 2.45) is 0 Å². The zero-order valence-electron chi connectivity index (χ0n) is 11.2. The zero-order chi connectivity index (χ0) is 13.4. The van der Waals surface area contributed by atoms with Crippen molar-refractivity contribution in [2.75, 3.05) is 27.4 Å². The van der Waals surface area contributed by atoms with Gasteiger partial charge in [0.05, 0.1) is 20.3 Å². The maximum absolute atomic E-state index is 11.4. The van der Waals surface area contributed by atoms with Crippen molar-refractivity contribution in [3.05, 3.63) is 23.8 Å². The molecule has 1 aromatic rings. The Morgan fingerprint density at radius 2 is 1.83 bits per heavy atom. The van der Waals surface area contributed by atoms with Gasteiger partial charge in [-0.05, 0) is 24.6 Å². The van der Waals surface area contributed by atoms with E-state index in [2.05, 4.69) is 0 Å². The lowest BCUT2D eigenvalue weighted by molar-refractivity contribution is -0.120. The molecule has 0 unspecified atom stereocenters. The van der Waals surface area contributed by atoms with Crippen LogP contribution in [0.3, 0.4) is 0 Å². The predicted molar refractivity (Wildman–Crippen MR) is 69.3 cm³/mol. The minimum Gasteiger partial charge on any atom is -0.493 e. The van der Waals surface area contributed by atoms with Crippen LogP contribution in [0.5, 0.6) is 11.5 Å². The van der Waals surface area contributed by atoms with Gasteiger partial charge in [-0.2, -0.15) is 0 Å². The minimum atomic E-state index is 0.142. The second-order valence-corrected chi connectivity index (χ2v) is 4.03. The Balaban J connectivity index is 2.41. The summed E-state index contributed by atoms with van der Waals surface area (Å²) >= 11 is 0. The van der Waals surface area contributed by atoms with Crippen LogP contribution in [0.25, 0.3) is 0 Å². The van der Waals surface area contributed by atoms with E-state index in [0.29, 0.717) is 37.6 Å². The number of aryl methyl sites for hydroxylation is 1. The van der Waals surface area contributed by atoms with Crippen LogP contribution < -0.4 is 9.47 Å². The topological polar surface area (TPSA) is 44.8 Å². The number of methoxy groups -OCH3 is 2. The lowest BCUT2D eigenvalue weighted by atomic mass is 10.2. The first-order valence-corrected chi connectivity index (χ1v) is 5.95. The molecule has 0 saturated carbocycles. The summed E-state index contributed by atoms with van der Waals surface area (Å²) in [5.74, 6) is 1.50. The van der Waals surface area contributed by atoms with Gasteiger partial charge in [0.25, 0.3) is 0 Å². The average molecular weight is 252 g/mol. The van der Waals surface area contributed by atoms with Gasteiger partial charge in [0, 0.05) is 20.0 Å². The lowest BCUT2D eigenvalue weighted by Crippen LogP contribution is -2.08. The molecule has 0 fully saturated rings. The standard InChI is InChI=1S/C14H20O4/c1-11-4-5-13(14(10-11)17-3)18-9-7-12(15)6-8-16-2/h4-5,10H,6-9H2,1-3H3. The number of rotatable bonds is 8.